The molecule has 0 saturated carbocycles. The Bertz CT molecular complexity index is 1580. The van der Waals surface area contributed by atoms with Crippen LogP contribution in [0.2, 0.25) is 0 Å². The fraction of sp³-hybridized carbons (Fsp3) is 0. The summed E-state index contributed by atoms with van der Waals surface area (Å²) in [6, 6.07) is 39.9. The monoisotopic (exact) mass is 632 g/mol. The first-order valence-electron chi connectivity index (χ1n) is 10.6. The molecule has 6 aromatic carbocycles. The number of fused-ring (bicyclic) bond motifs is 3. The quantitative estimate of drug-likeness (QED) is 0.132. The Balaban J connectivity index is 1.82. The summed E-state index contributed by atoms with van der Waals surface area (Å²) in [6.45, 7) is 0. The van der Waals surface area contributed by atoms with Crippen LogP contribution in [0.25, 0.3) is 54.6 Å². The molecule has 0 saturated heterocycles. The Morgan fingerprint density at radius 1 is 0.406 bits per heavy atom. The molecule has 0 aliphatic heterocycles. The molecule has 0 amide bonds. The minimum absolute atomic E-state index is 1.27. The maximum atomic E-state index is 2.44. The van der Waals surface area contributed by atoms with Crippen LogP contribution in [-0.2, 0) is 0 Å². The van der Waals surface area contributed by atoms with Crippen molar-refractivity contribution in [2.24, 2.45) is 0 Å². The van der Waals surface area contributed by atoms with E-state index in [1.54, 1.807) is 0 Å². The molecule has 2 heteroatoms. The van der Waals surface area contributed by atoms with Crippen molar-refractivity contribution in [1.29, 1.82) is 0 Å². The number of rotatable bonds is 2. The van der Waals surface area contributed by atoms with Crippen molar-refractivity contribution in [3.63, 3.8) is 0 Å². The third-order valence-electron chi connectivity index (χ3n) is 6.20. The van der Waals surface area contributed by atoms with Gasteiger partial charge in [-0.25, -0.2) is 0 Å². The summed E-state index contributed by atoms with van der Waals surface area (Å²) in [6.07, 6.45) is 0. The molecule has 0 N–H and O–H groups in total. The summed E-state index contributed by atoms with van der Waals surface area (Å²) >= 11 is 4.85. The zero-order valence-electron chi connectivity index (χ0n) is 17.1. The molecule has 0 aliphatic carbocycles. The van der Waals surface area contributed by atoms with Gasteiger partial charge in [0.15, 0.2) is 0 Å². The van der Waals surface area contributed by atoms with Crippen LogP contribution >= 0.6 is 45.2 Å². The lowest BCUT2D eigenvalue weighted by atomic mass is 9.85. The van der Waals surface area contributed by atoms with Crippen molar-refractivity contribution >= 4 is 77.5 Å². The van der Waals surface area contributed by atoms with E-state index in [9.17, 15) is 0 Å². The van der Waals surface area contributed by atoms with Gasteiger partial charge in [-0.05, 0) is 112 Å². The fourth-order valence-electron chi connectivity index (χ4n) is 4.82. The Morgan fingerprint density at radius 3 is 1.56 bits per heavy atom. The topological polar surface area (TPSA) is 0 Å². The highest BCUT2D eigenvalue weighted by Crippen LogP contribution is 2.45. The molecule has 152 valence electrons. The smallest absolute Gasteiger partial charge is 0.0270 e. The van der Waals surface area contributed by atoms with E-state index in [1.165, 1.54) is 61.7 Å². The minimum Gasteiger partial charge on any atom is -0.0616 e. The van der Waals surface area contributed by atoms with Crippen molar-refractivity contribution in [2.45, 2.75) is 0 Å². The Labute approximate surface area is 214 Å². The molecular weight excluding hydrogens is 614 g/mol. The van der Waals surface area contributed by atoms with Gasteiger partial charge in [0.05, 0.1) is 0 Å². The fourth-order valence-corrected chi connectivity index (χ4v) is 5.68. The molecule has 0 unspecified atom stereocenters. The summed E-state index contributed by atoms with van der Waals surface area (Å²) < 4.78 is 2.57. The molecule has 0 atom stereocenters. The molecule has 0 fully saturated rings. The molecule has 0 radical (unpaired) electrons. The minimum atomic E-state index is 1.27. The molecule has 0 spiro atoms. The standard InChI is InChI=1S/C30H18I2/c31-27-17-16-20(18-28(27)32)29-23-11-3-5-13-25(23)30(26-14-6-4-12-24(26)29)22-15-7-9-19-8-1-2-10-21(19)22/h1-18H. The molecule has 6 aromatic rings. The molecule has 0 aliphatic rings. The first-order chi connectivity index (χ1) is 15.7. The van der Waals surface area contributed by atoms with E-state index in [2.05, 4.69) is 154 Å². The molecule has 0 aromatic heterocycles. The maximum Gasteiger partial charge on any atom is 0.0270 e. The van der Waals surface area contributed by atoms with Gasteiger partial charge < -0.3 is 0 Å². The number of hydrogen-bond donors (Lipinski definition) is 0. The lowest BCUT2D eigenvalue weighted by Crippen LogP contribution is -1.92. The predicted molar refractivity (Wildman–Crippen MR) is 155 cm³/mol. The molecule has 32 heavy (non-hydrogen) atoms. The van der Waals surface area contributed by atoms with Crippen molar-refractivity contribution in [3.8, 4) is 22.3 Å². The van der Waals surface area contributed by atoms with E-state index in [-0.39, 0.29) is 0 Å². The third kappa shape index (κ3) is 3.23. The summed E-state index contributed by atoms with van der Waals surface area (Å²) in [5.41, 5.74) is 5.19. The van der Waals surface area contributed by atoms with Crippen LogP contribution in [0.3, 0.4) is 0 Å². The first-order valence-corrected chi connectivity index (χ1v) is 12.7. The van der Waals surface area contributed by atoms with Gasteiger partial charge >= 0.3 is 0 Å². The third-order valence-corrected chi connectivity index (χ3v) is 9.06. The van der Waals surface area contributed by atoms with Crippen LogP contribution in [0.4, 0.5) is 0 Å². The molecular formula is C30H18I2. The summed E-state index contributed by atoms with van der Waals surface area (Å²) in [5.74, 6) is 0. The van der Waals surface area contributed by atoms with E-state index >= 15 is 0 Å². The van der Waals surface area contributed by atoms with Gasteiger partial charge in [0, 0.05) is 7.14 Å². The molecule has 0 heterocycles. The lowest BCUT2D eigenvalue weighted by Gasteiger charge is -2.19. The zero-order chi connectivity index (χ0) is 21.7. The van der Waals surface area contributed by atoms with Crippen LogP contribution in [0.5, 0.6) is 0 Å². The normalized spacial score (nSPS) is 11.4. The number of benzene rings is 6. The van der Waals surface area contributed by atoms with Crippen LogP contribution in [0, 0.1) is 7.14 Å². The highest BCUT2D eigenvalue weighted by Gasteiger charge is 2.17. The lowest BCUT2D eigenvalue weighted by molar-refractivity contribution is 1.57. The Hall–Kier alpha value is -2.44. The number of hydrogen-bond acceptors (Lipinski definition) is 0. The van der Waals surface area contributed by atoms with Crippen molar-refractivity contribution in [2.75, 3.05) is 0 Å². The van der Waals surface area contributed by atoms with Gasteiger partial charge in [-0.3, -0.25) is 0 Å². The highest BCUT2D eigenvalue weighted by molar-refractivity contribution is 14.1. The average molecular weight is 632 g/mol. The largest absolute Gasteiger partial charge is 0.0616 e. The summed E-state index contributed by atoms with van der Waals surface area (Å²) in [7, 11) is 0. The van der Waals surface area contributed by atoms with Crippen molar-refractivity contribution in [1.82, 2.24) is 0 Å². The molecule has 6 rings (SSSR count). The van der Waals surface area contributed by atoms with E-state index in [1.807, 2.05) is 0 Å². The second-order valence-corrected chi connectivity index (χ2v) is 10.3. The second-order valence-electron chi connectivity index (χ2n) is 8.00. The predicted octanol–water partition coefficient (Wildman–Crippen LogP) is 9.69. The van der Waals surface area contributed by atoms with Gasteiger partial charge in [-0.2, -0.15) is 0 Å². The molecule has 0 bridgehead atoms. The van der Waals surface area contributed by atoms with E-state index in [4.69, 9.17) is 0 Å². The van der Waals surface area contributed by atoms with Crippen LogP contribution in [0.1, 0.15) is 0 Å². The van der Waals surface area contributed by atoms with Crippen LogP contribution < -0.4 is 0 Å². The highest BCUT2D eigenvalue weighted by atomic mass is 127. The van der Waals surface area contributed by atoms with E-state index in [0.29, 0.717) is 0 Å². The van der Waals surface area contributed by atoms with E-state index in [0.717, 1.165) is 0 Å². The summed E-state index contributed by atoms with van der Waals surface area (Å²) in [4.78, 5) is 0. The van der Waals surface area contributed by atoms with Gasteiger partial charge in [0.2, 0.25) is 0 Å². The van der Waals surface area contributed by atoms with Crippen LogP contribution in [-0.4, -0.2) is 0 Å². The SMILES string of the molecule is Ic1ccc(-c2c3ccccc3c(-c3cccc4ccccc34)c3ccccc23)cc1I. The van der Waals surface area contributed by atoms with Gasteiger partial charge in [-0.1, -0.05) is 97.1 Å². The molecule has 0 nitrogen and oxygen atoms in total. The van der Waals surface area contributed by atoms with E-state index < -0.39 is 0 Å². The van der Waals surface area contributed by atoms with Crippen LogP contribution in [0.15, 0.2) is 109 Å². The second kappa shape index (κ2) is 8.16. The van der Waals surface area contributed by atoms with Gasteiger partial charge in [0.1, 0.15) is 0 Å². The van der Waals surface area contributed by atoms with Crippen molar-refractivity contribution < 1.29 is 0 Å². The average Bonchev–Trinajstić information content (AvgIpc) is 2.84. The van der Waals surface area contributed by atoms with Gasteiger partial charge in [0.25, 0.3) is 0 Å². The van der Waals surface area contributed by atoms with Crippen molar-refractivity contribution in [3.05, 3.63) is 116 Å². The Kier molecular flexibility index (Phi) is 5.15. The summed E-state index contributed by atoms with van der Waals surface area (Å²) in [5, 5.41) is 7.76. The first kappa shape index (κ1) is 20.2. The maximum absolute atomic E-state index is 2.44. The number of halogens is 2. The van der Waals surface area contributed by atoms with Gasteiger partial charge in [-0.15, -0.1) is 0 Å². The zero-order valence-corrected chi connectivity index (χ0v) is 21.5. The Morgan fingerprint density at radius 2 is 0.938 bits per heavy atom.